The van der Waals surface area contributed by atoms with E-state index in [1.807, 2.05) is 24.4 Å². The van der Waals surface area contributed by atoms with Crippen molar-refractivity contribution < 1.29 is 0 Å². The van der Waals surface area contributed by atoms with Gasteiger partial charge in [-0.1, -0.05) is 85.7 Å². The fraction of sp³-hybridized carbons (Fsp3) is 0.370. The van der Waals surface area contributed by atoms with Gasteiger partial charge in [-0.15, -0.1) is 0 Å². The van der Waals surface area contributed by atoms with Crippen LogP contribution in [0, 0.1) is 5.41 Å². The second-order valence-corrected chi connectivity index (χ2v) is 8.42. The Labute approximate surface area is 172 Å². The fourth-order valence-electron chi connectivity index (χ4n) is 3.60. The molecule has 0 fully saturated rings. The Morgan fingerprint density at radius 3 is 2.46 bits per heavy atom. The van der Waals surface area contributed by atoms with Gasteiger partial charge < -0.3 is 0 Å². The van der Waals surface area contributed by atoms with Crippen molar-refractivity contribution in [3.05, 3.63) is 94.6 Å². The molecule has 1 aliphatic rings. The van der Waals surface area contributed by atoms with Crippen LogP contribution < -0.4 is 0 Å². The number of allylic oxidation sites excluding steroid dienone is 10. The van der Waals surface area contributed by atoms with Gasteiger partial charge in [-0.2, -0.15) is 0 Å². The highest BCUT2D eigenvalue weighted by molar-refractivity contribution is 5.72. The zero-order valence-corrected chi connectivity index (χ0v) is 18.2. The van der Waals surface area contributed by atoms with Gasteiger partial charge in [-0.05, 0) is 68.2 Å². The van der Waals surface area contributed by atoms with E-state index in [2.05, 4.69) is 88.2 Å². The monoisotopic (exact) mass is 374 g/mol. The number of nitrogens with zero attached hydrogens (tertiary/aromatic N) is 1. The summed E-state index contributed by atoms with van der Waals surface area (Å²) in [6, 6.07) is 10.3. The van der Waals surface area contributed by atoms with Crippen molar-refractivity contribution in [2.75, 3.05) is 0 Å². The molecule has 0 saturated carbocycles. The lowest BCUT2D eigenvalue weighted by atomic mass is 9.72. The molecule has 28 heavy (non-hydrogen) atoms. The summed E-state index contributed by atoms with van der Waals surface area (Å²) < 4.78 is 0. The molecule has 1 heteroatoms. The van der Waals surface area contributed by atoms with Crippen molar-refractivity contribution in [1.29, 1.82) is 0 Å². The lowest BCUT2D eigenvalue weighted by molar-refractivity contribution is 0.377. The van der Waals surface area contributed by atoms with Crippen LogP contribution >= 0.6 is 0 Å². The fourth-order valence-corrected chi connectivity index (χ4v) is 3.60. The Kier molecular flexibility index (Phi) is 8.44. The van der Waals surface area contributed by atoms with Gasteiger partial charge >= 0.3 is 0 Å². The molecule has 0 saturated heterocycles. The van der Waals surface area contributed by atoms with Gasteiger partial charge in [0, 0.05) is 6.21 Å². The van der Waals surface area contributed by atoms with Crippen LogP contribution in [0.15, 0.2) is 94.1 Å². The lowest BCUT2D eigenvalue weighted by Crippen LogP contribution is -2.19. The van der Waals surface area contributed by atoms with Gasteiger partial charge in [0.25, 0.3) is 0 Å². The molecule has 148 valence electrons. The van der Waals surface area contributed by atoms with E-state index in [9.17, 15) is 0 Å². The minimum Gasteiger partial charge on any atom is -0.288 e. The molecule has 0 atom stereocenters. The third-order valence-corrected chi connectivity index (χ3v) is 5.33. The zero-order valence-electron chi connectivity index (χ0n) is 18.2. The van der Waals surface area contributed by atoms with E-state index in [0.717, 1.165) is 6.54 Å². The van der Waals surface area contributed by atoms with Gasteiger partial charge in [0.15, 0.2) is 0 Å². The molecule has 0 heterocycles. The van der Waals surface area contributed by atoms with Gasteiger partial charge in [0.1, 0.15) is 0 Å². The van der Waals surface area contributed by atoms with Gasteiger partial charge in [-0.3, -0.25) is 4.99 Å². The number of hydrogen-bond donors (Lipinski definition) is 0. The van der Waals surface area contributed by atoms with Crippen LogP contribution in [0.4, 0.5) is 0 Å². The first-order valence-electron chi connectivity index (χ1n) is 10.3. The van der Waals surface area contributed by atoms with Crippen molar-refractivity contribution >= 4 is 6.21 Å². The molecule has 0 amide bonds. The van der Waals surface area contributed by atoms with Crippen molar-refractivity contribution in [3.8, 4) is 0 Å². The quantitative estimate of drug-likeness (QED) is 0.262. The third kappa shape index (κ3) is 7.31. The Morgan fingerprint density at radius 2 is 1.75 bits per heavy atom. The summed E-state index contributed by atoms with van der Waals surface area (Å²) in [5, 5.41) is 0. The third-order valence-electron chi connectivity index (χ3n) is 5.33. The molecule has 1 aliphatic carbocycles. The van der Waals surface area contributed by atoms with E-state index < -0.39 is 0 Å². The van der Waals surface area contributed by atoms with Crippen LogP contribution in [-0.4, -0.2) is 6.21 Å². The minimum atomic E-state index is 0.299. The average molecular weight is 375 g/mol. The Bertz CT molecular complexity index is 811. The molecular formula is C27H35N. The highest BCUT2D eigenvalue weighted by atomic mass is 15.5. The number of rotatable bonds is 7. The summed E-state index contributed by atoms with van der Waals surface area (Å²) in [7, 11) is 0. The first-order valence-corrected chi connectivity index (χ1v) is 10.3. The summed E-state index contributed by atoms with van der Waals surface area (Å²) >= 11 is 0. The van der Waals surface area contributed by atoms with E-state index in [-0.39, 0.29) is 0 Å². The van der Waals surface area contributed by atoms with Crippen LogP contribution in [0.25, 0.3) is 0 Å². The summed E-state index contributed by atoms with van der Waals surface area (Å²) in [5.74, 6) is 0. The van der Waals surface area contributed by atoms with Crippen LogP contribution in [0.5, 0.6) is 0 Å². The molecule has 0 N–H and O–H groups in total. The second-order valence-electron chi connectivity index (χ2n) is 8.42. The SMILES string of the molecule is CC1=C(/C=C/C(C)=C/C=C/C(C)=C/C=[15N]Cc2ccccc2)C(C)(C)CCC1. The topological polar surface area (TPSA) is 12.4 Å². The normalized spacial score (nSPS) is 18.8. The highest BCUT2D eigenvalue weighted by Gasteiger charge is 2.26. The smallest absolute Gasteiger partial charge is 0.0639 e. The molecule has 0 spiro atoms. The van der Waals surface area contributed by atoms with Gasteiger partial charge in [0.2, 0.25) is 0 Å². The molecule has 1 aromatic carbocycles. The van der Waals surface area contributed by atoms with E-state index in [1.54, 1.807) is 5.57 Å². The highest BCUT2D eigenvalue weighted by Crippen LogP contribution is 2.40. The maximum Gasteiger partial charge on any atom is 0.0639 e. The minimum absolute atomic E-state index is 0.299. The number of aliphatic imine (C=N–C) groups is 1. The van der Waals surface area contributed by atoms with Gasteiger partial charge in [-0.25, -0.2) is 0 Å². The summed E-state index contributed by atoms with van der Waals surface area (Å²) in [6.07, 6.45) is 18.8. The van der Waals surface area contributed by atoms with Crippen LogP contribution in [0.2, 0.25) is 0 Å². The summed E-state index contributed by atoms with van der Waals surface area (Å²) in [4.78, 5) is 4.46. The van der Waals surface area contributed by atoms with Crippen LogP contribution in [0.1, 0.15) is 59.4 Å². The maximum absolute atomic E-state index is 4.46. The van der Waals surface area contributed by atoms with Gasteiger partial charge in [0.05, 0.1) is 6.54 Å². The average Bonchev–Trinajstić information content (AvgIpc) is 2.65. The Morgan fingerprint density at radius 1 is 1.04 bits per heavy atom. The number of benzene rings is 1. The van der Waals surface area contributed by atoms with Crippen LogP contribution in [-0.2, 0) is 6.54 Å². The van der Waals surface area contributed by atoms with Crippen molar-refractivity contribution in [2.45, 2.75) is 60.4 Å². The van der Waals surface area contributed by atoms with Crippen molar-refractivity contribution in [2.24, 2.45) is 10.4 Å². The van der Waals surface area contributed by atoms with Crippen LogP contribution in [0.3, 0.4) is 0 Å². The molecule has 0 unspecified atom stereocenters. The molecule has 1 aromatic rings. The largest absolute Gasteiger partial charge is 0.288 e. The predicted octanol–water partition coefficient (Wildman–Crippen LogP) is 7.79. The molecule has 0 bridgehead atoms. The lowest BCUT2D eigenvalue weighted by Gasteiger charge is -2.32. The standard InChI is InChI=1S/C27H35N/c1-22(16-17-26-24(3)13-10-19-27(26,4)5)11-9-12-23(2)18-20-28-21-25-14-7-6-8-15-25/h6-9,11-12,14-18,20H,10,13,19,21H2,1-5H3/b12-9+,17-16+,22-11+,23-18+,28-20?/i28+1. The van der Waals surface area contributed by atoms with E-state index in [4.69, 9.17) is 0 Å². The van der Waals surface area contributed by atoms with E-state index >= 15 is 0 Å². The first-order chi connectivity index (χ1) is 13.4. The zero-order chi connectivity index (χ0) is 20.4. The number of hydrogen-bond acceptors (Lipinski definition) is 1. The maximum atomic E-state index is 4.46. The summed E-state index contributed by atoms with van der Waals surface area (Å²) in [5.41, 5.74) is 7.05. The summed E-state index contributed by atoms with van der Waals surface area (Å²) in [6.45, 7) is 12.0. The molecular weight excluding hydrogens is 339 g/mol. The molecule has 1 nitrogen and oxygen atoms in total. The second kappa shape index (κ2) is 10.8. The predicted molar refractivity (Wildman–Crippen MR) is 125 cm³/mol. The first kappa shape index (κ1) is 21.9. The van der Waals surface area contributed by atoms with E-state index in [0.29, 0.717) is 5.41 Å². The molecule has 0 aromatic heterocycles. The molecule has 0 aliphatic heterocycles. The van der Waals surface area contributed by atoms with E-state index in [1.165, 1.54) is 41.5 Å². The molecule has 0 radical (unpaired) electrons. The Balaban J connectivity index is 1.89. The molecule has 2 rings (SSSR count). The van der Waals surface area contributed by atoms with Crippen molar-refractivity contribution in [3.63, 3.8) is 0 Å². The Hall–Kier alpha value is -2.41. The van der Waals surface area contributed by atoms with Crippen molar-refractivity contribution in [1.82, 2.24) is 0 Å².